The fourth-order valence-corrected chi connectivity index (χ4v) is 3.43. The number of hydrogen-bond acceptors (Lipinski definition) is 5. The molecule has 0 spiro atoms. The highest BCUT2D eigenvalue weighted by atomic mass is 32.2. The number of nitrogens with one attached hydrogen (secondary N) is 2. The Morgan fingerprint density at radius 2 is 2.09 bits per heavy atom. The zero-order valence-electron chi connectivity index (χ0n) is 13.7. The highest BCUT2D eigenvalue weighted by molar-refractivity contribution is 7.88. The summed E-state index contributed by atoms with van der Waals surface area (Å²) in [5, 5.41) is 7.94. The molecule has 1 saturated heterocycles. The van der Waals surface area contributed by atoms with Crippen LogP contribution in [0.1, 0.15) is 35.9 Å². The lowest BCUT2D eigenvalue weighted by Gasteiger charge is -2.20. The van der Waals surface area contributed by atoms with E-state index in [-0.39, 0.29) is 12.1 Å². The SMILES string of the molecule is Cc1nn(C)c(C)c1[C@H]1OCC[C@@H]1NCCCNS(C)(=O)=O. The average Bonchev–Trinajstić information content (AvgIpc) is 2.94. The van der Waals surface area contributed by atoms with Gasteiger partial charge in [-0.3, -0.25) is 4.68 Å². The van der Waals surface area contributed by atoms with Crippen molar-refractivity contribution in [1.82, 2.24) is 19.8 Å². The van der Waals surface area contributed by atoms with Crippen molar-refractivity contribution in [2.75, 3.05) is 26.0 Å². The van der Waals surface area contributed by atoms with E-state index in [9.17, 15) is 8.42 Å². The van der Waals surface area contributed by atoms with Crippen molar-refractivity contribution in [3.63, 3.8) is 0 Å². The molecule has 0 saturated carbocycles. The van der Waals surface area contributed by atoms with Crippen molar-refractivity contribution < 1.29 is 13.2 Å². The number of aromatic nitrogens is 2. The Morgan fingerprint density at radius 1 is 1.36 bits per heavy atom. The number of nitrogens with zero attached hydrogens (tertiary/aromatic N) is 2. The predicted octanol–water partition coefficient (Wildman–Crippen LogP) is 0.396. The van der Waals surface area contributed by atoms with Gasteiger partial charge in [-0.05, 0) is 33.2 Å². The molecule has 1 aliphatic rings. The van der Waals surface area contributed by atoms with Gasteiger partial charge < -0.3 is 10.1 Å². The fourth-order valence-electron chi connectivity index (χ4n) is 2.92. The maximum absolute atomic E-state index is 11.0. The van der Waals surface area contributed by atoms with E-state index in [1.807, 2.05) is 18.7 Å². The number of aryl methyl sites for hydroxylation is 2. The van der Waals surface area contributed by atoms with Gasteiger partial charge in [0.25, 0.3) is 0 Å². The van der Waals surface area contributed by atoms with Crippen molar-refractivity contribution in [3.8, 4) is 0 Å². The minimum Gasteiger partial charge on any atom is -0.372 e. The van der Waals surface area contributed by atoms with Gasteiger partial charge in [-0.2, -0.15) is 5.10 Å². The van der Waals surface area contributed by atoms with Crippen LogP contribution < -0.4 is 10.0 Å². The number of rotatable bonds is 7. The number of ether oxygens (including phenoxy) is 1. The molecule has 126 valence electrons. The summed E-state index contributed by atoms with van der Waals surface area (Å²) in [6.45, 7) is 6.01. The summed E-state index contributed by atoms with van der Waals surface area (Å²) in [5.41, 5.74) is 3.32. The first-order valence-electron chi connectivity index (χ1n) is 7.59. The molecule has 22 heavy (non-hydrogen) atoms. The minimum absolute atomic E-state index is 0.0246. The first-order chi connectivity index (χ1) is 10.3. The summed E-state index contributed by atoms with van der Waals surface area (Å²) in [6, 6.07) is 0.250. The molecule has 7 nitrogen and oxygen atoms in total. The molecule has 0 unspecified atom stereocenters. The van der Waals surface area contributed by atoms with Gasteiger partial charge in [0.2, 0.25) is 10.0 Å². The molecule has 2 heterocycles. The van der Waals surface area contributed by atoms with Crippen LogP contribution in [0.2, 0.25) is 0 Å². The van der Waals surface area contributed by atoms with Gasteiger partial charge in [-0.25, -0.2) is 13.1 Å². The third-order valence-electron chi connectivity index (χ3n) is 4.07. The molecule has 0 aliphatic carbocycles. The van der Waals surface area contributed by atoms with E-state index in [1.54, 1.807) is 0 Å². The zero-order valence-corrected chi connectivity index (χ0v) is 14.5. The molecule has 1 aliphatic heterocycles. The molecule has 2 rings (SSSR count). The Morgan fingerprint density at radius 3 is 2.68 bits per heavy atom. The maximum atomic E-state index is 11.0. The Bertz CT molecular complexity index is 612. The van der Waals surface area contributed by atoms with E-state index in [4.69, 9.17) is 4.74 Å². The molecule has 2 N–H and O–H groups in total. The Hall–Kier alpha value is -0.960. The van der Waals surface area contributed by atoms with Gasteiger partial charge in [0.1, 0.15) is 6.10 Å². The lowest BCUT2D eigenvalue weighted by atomic mass is 10.0. The Balaban J connectivity index is 1.89. The Labute approximate surface area is 132 Å². The van der Waals surface area contributed by atoms with E-state index in [0.717, 1.165) is 37.4 Å². The zero-order chi connectivity index (χ0) is 16.3. The minimum atomic E-state index is -3.10. The quantitative estimate of drug-likeness (QED) is 0.707. The molecular formula is C14H26N4O3S. The topological polar surface area (TPSA) is 85.2 Å². The maximum Gasteiger partial charge on any atom is 0.208 e. The van der Waals surface area contributed by atoms with Gasteiger partial charge >= 0.3 is 0 Å². The molecule has 0 amide bonds. The van der Waals surface area contributed by atoms with E-state index in [1.165, 1.54) is 11.8 Å². The van der Waals surface area contributed by atoms with Crippen LogP contribution in [-0.2, 0) is 21.8 Å². The van der Waals surface area contributed by atoms with Gasteiger partial charge in [0.05, 0.1) is 11.9 Å². The third kappa shape index (κ3) is 4.28. The summed E-state index contributed by atoms with van der Waals surface area (Å²) in [5.74, 6) is 0. The monoisotopic (exact) mass is 330 g/mol. The van der Waals surface area contributed by atoms with Gasteiger partial charge in [-0.15, -0.1) is 0 Å². The smallest absolute Gasteiger partial charge is 0.208 e. The first-order valence-corrected chi connectivity index (χ1v) is 9.48. The van der Waals surface area contributed by atoms with Crippen LogP contribution >= 0.6 is 0 Å². The van der Waals surface area contributed by atoms with Crippen LogP contribution in [-0.4, -0.2) is 50.2 Å². The molecule has 1 aromatic heterocycles. The highest BCUT2D eigenvalue weighted by Crippen LogP contribution is 2.33. The summed E-state index contributed by atoms with van der Waals surface area (Å²) in [6.07, 6.45) is 2.91. The molecule has 2 atom stereocenters. The van der Waals surface area contributed by atoms with Crippen LogP contribution in [0.4, 0.5) is 0 Å². The fraction of sp³-hybridized carbons (Fsp3) is 0.786. The molecule has 0 radical (unpaired) electrons. The van der Waals surface area contributed by atoms with E-state index >= 15 is 0 Å². The van der Waals surface area contributed by atoms with E-state index in [2.05, 4.69) is 22.1 Å². The van der Waals surface area contributed by atoms with Crippen LogP contribution in [0.15, 0.2) is 0 Å². The predicted molar refractivity (Wildman–Crippen MR) is 85.2 cm³/mol. The molecule has 8 heteroatoms. The van der Waals surface area contributed by atoms with Crippen molar-refractivity contribution in [1.29, 1.82) is 0 Å². The Kier molecular flexibility index (Phi) is 5.60. The second-order valence-electron chi connectivity index (χ2n) is 5.87. The number of sulfonamides is 1. The van der Waals surface area contributed by atoms with Crippen molar-refractivity contribution in [2.45, 2.75) is 38.8 Å². The van der Waals surface area contributed by atoms with E-state index < -0.39 is 10.0 Å². The van der Waals surface area contributed by atoms with Gasteiger partial charge in [-0.1, -0.05) is 0 Å². The summed E-state index contributed by atoms with van der Waals surface area (Å²) in [7, 11) is -1.15. The summed E-state index contributed by atoms with van der Waals surface area (Å²) < 4.78 is 32.3. The van der Waals surface area contributed by atoms with Gasteiger partial charge in [0, 0.05) is 37.5 Å². The average molecular weight is 330 g/mol. The van der Waals surface area contributed by atoms with Gasteiger partial charge in [0.15, 0.2) is 0 Å². The summed E-state index contributed by atoms with van der Waals surface area (Å²) in [4.78, 5) is 0. The third-order valence-corrected chi connectivity index (χ3v) is 4.79. The second kappa shape index (κ2) is 7.08. The lowest BCUT2D eigenvalue weighted by Crippen LogP contribution is -2.34. The largest absolute Gasteiger partial charge is 0.372 e. The van der Waals surface area contributed by atoms with Crippen LogP contribution in [0.5, 0.6) is 0 Å². The standard InChI is InChI=1S/C14H26N4O3S/c1-10-13(11(2)18(3)17-10)14-12(6-9-21-14)15-7-5-8-16-22(4,19)20/h12,14-16H,5-9H2,1-4H3/t12-,14-/m0/s1. The number of hydrogen-bond donors (Lipinski definition) is 2. The molecule has 0 aromatic carbocycles. The molecule has 0 bridgehead atoms. The van der Waals surface area contributed by atoms with Crippen LogP contribution in [0, 0.1) is 13.8 Å². The van der Waals surface area contributed by atoms with Crippen molar-refractivity contribution >= 4 is 10.0 Å². The highest BCUT2D eigenvalue weighted by Gasteiger charge is 2.33. The van der Waals surface area contributed by atoms with Crippen molar-refractivity contribution in [2.24, 2.45) is 7.05 Å². The first kappa shape index (κ1) is 17.4. The van der Waals surface area contributed by atoms with Crippen molar-refractivity contribution in [3.05, 3.63) is 17.0 Å². The second-order valence-corrected chi connectivity index (χ2v) is 7.70. The van der Waals surface area contributed by atoms with Crippen LogP contribution in [0.25, 0.3) is 0 Å². The summed E-state index contributed by atoms with van der Waals surface area (Å²) >= 11 is 0. The molecule has 1 aromatic rings. The normalized spacial score (nSPS) is 22.4. The van der Waals surface area contributed by atoms with E-state index in [0.29, 0.717) is 6.54 Å². The molecule has 1 fully saturated rings. The van der Waals surface area contributed by atoms with Crippen LogP contribution in [0.3, 0.4) is 0 Å². The molecular weight excluding hydrogens is 304 g/mol. The lowest BCUT2D eigenvalue weighted by molar-refractivity contribution is 0.0977.